The fourth-order valence-corrected chi connectivity index (χ4v) is 2.82. The molecule has 1 aliphatic heterocycles. The standard InChI is InChI=1S/C16H24N6O/c1-17-16(19-11-13-7-10-23-12-13)18-8-6-15-21-20-14-5-3-2-4-9-22(14)15/h7,10,12H,2-6,8-9,11H2,1H3,(H2,17,18,19). The molecule has 23 heavy (non-hydrogen) atoms. The minimum atomic E-state index is 0.691. The molecule has 1 aliphatic rings. The number of rotatable bonds is 5. The summed E-state index contributed by atoms with van der Waals surface area (Å²) >= 11 is 0. The van der Waals surface area contributed by atoms with Crippen molar-refractivity contribution in [2.24, 2.45) is 4.99 Å². The predicted octanol–water partition coefficient (Wildman–Crippen LogP) is 1.51. The molecule has 0 bridgehead atoms. The van der Waals surface area contributed by atoms with E-state index in [0.29, 0.717) is 6.54 Å². The van der Waals surface area contributed by atoms with Crippen LogP contribution in [0.5, 0.6) is 0 Å². The molecule has 0 aliphatic carbocycles. The Hall–Kier alpha value is -2.31. The minimum Gasteiger partial charge on any atom is -0.472 e. The predicted molar refractivity (Wildman–Crippen MR) is 88.2 cm³/mol. The Morgan fingerprint density at radius 1 is 1.30 bits per heavy atom. The number of furan rings is 1. The number of guanidine groups is 1. The zero-order valence-corrected chi connectivity index (χ0v) is 13.6. The number of hydrogen-bond donors (Lipinski definition) is 2. The van der Waals surface area contributed by atoms with Gasteiger partial charge < -0.3 is 19.6 Å². The van der Waals surface area contributed by atoms with E-state index >= 15 is 0 Å². The lowest BCUT2D eigenvalue weighted by atomic mass is 10.2. The molecule has 2 aromatic rings. The molecule has 0 unspecified atom stereocenters. The van der Waals surface area contributed by atoms with E-state index < -0.39 is 0 Å². The first-order valence-corrected chi connectivity index (χ1v) is 8.23. The number of aryl methyl sites for hydroxylation is 1. The van der Waals surface area contributed by atoms with Crippen LogP contribution in [0.3, 0.4) is 0 Å². The number of hydrogen-bond acceptors (Lipinski definition) is 4. The van der Waals surface area contributed by atoms with E-state index in [0.717, 1.165) is 49.1 Å². The Morgan fingerprint density at radius 3 is 3.09 bits per heavy atom. The summed E-state index contributed by atoms with van der Waals surface area (Å²) in [4.78, 5) is 4.23. The van der Waals surface area contributed by atoms with Crippen LogP contribution in [-0.2, 0) is 25.9 Å². The second kappa shape index (κ2) is 7.80. The Balaban J connectivity index is 1.47. The summed E-state index contributed by atoms with van der Waals surface area (Å²) in [5, 5.41) is 15.3. The maximum absolute atomic E-state index is 5.06. The molecule has 0 amide bonds. The molecule has 0 spiro atoms. The molecule has 7 heteroatoms. The molecule has 2 aromatic heterocycles. The van der Waals surface area contributed by atoms with Crippen molar-refractivity contribution in [3.05, 3.63) is 35.8 Å². The second-order valence-corrected chi connectivity index (χ2v) is 5.73. The summed E-state index contributed by atoms with van der Waals surface area (Å²) < 4.78 is 7.34. The van der Waals surface area contributed by atoms with Crippen LogP contribution in [0.25, 0.3) is 0 Å². The molecule has 0 saturated carbocycles. The van der Waals surface area contributed by atoms with Crippen LogP contribution in [0.1, 0.15) is 36.5 Å². The lowest BCUT2D eigenvalue weighted by Crippen LogP contribution is -2.38. The summed E-state index contributed by atoms with van der Waals surface area (Å²) in [5.41, 5.74) is 1.09. The van der Waals surface area contributed by atoms with Gasteiger partial charge in [0.15, 0.2) is 5.96 Å². The van der Waals surface area contributed by atoms with E-state index in [1.807, 2.05) is 6.07 Å². The molecule has 7 nitrogen and oxygen atoms in total. The van der Waals surface area contributed by atoms with Gasteiger partial charge in [-0.3, -0.25) is 4.99 Å². The number of nitrogens with zero attached hydrogens (tertiary/aromatic N) is 4. The molecule has 2 N–H and O–H groups in total. The van der Waals surface area contributed by atoms with Crippen LogP contribution in [0.2, 0.25) is 0 Å². The van der Waals surface area contributed by atoms with Crippen molar-refractivity contribution >= 4 is 5.96 Å². The quantitative estimate of drug-likeness (QED) is 0.645. The molecule has 0 saturated heterocycles. The maximum atomic E-state index is 5.06. The van der Waals surface area contributed by atoms with Gasteiger partial charge >= 0.3 is 0 Å². The Kier molecular flexibility index (Phi) is 5.29. The van der Waals surface area contributed by atoms with Gasteiger partial charge in [-0.25, -0.2) is 0 Å². The Morgan fingerprint density at radius 2 is 2.26 bits per heavy atom. The number of fused-ring (bicyclic) bond motifs is 1. The van der Waals surface area contributed by atoms with Crippen LogP contribution in [-0.4, -0.2) is 34.3 Å². The van der Waals surface area contributed by atoms with E-state index in [-0.39, 0.29) is 0 Å². The lowest BCUT2D eigenvalue weighted by Gasteiger charge is -2.11. The average Bonchev–Trinajstić information content (AvgIpc) is 3.16. The fourth-order valence-electron chi connectivity index (χ4n) is 2.82. The summed E-state index contributed by atoms with van der Waals surface area (Å²) in [6.45, 7) is 2.52. The number of aromatic nitrogens is 3. The molecular formula is C16H24N6O. The molecule has 3 heterocycles. The number of aliphatic imine (C=N–C) groups is 1. The van der Waals surface area contributed by atoms with Gasteiger partial charge in [0.2, 0.25) is 0 Å². The van der Waals surface area contributed by atoms with Crippen molar-refractivity contribution in [2.45, 2.75) is 45.2 Å². The summed E-state index contributed by atoms with van der Waals surface area (Å²) in [6, 6.07) is 1.94. The van der Waals surface area contributed by atoms with E-state index in [1.54, 1.807) is 19.6 Å². The normalized spacial score (nSPS) is 15.1. The molecule has 0 atom stereocenters. The lowest BCUT2D eigenvalue weighted by molar-refractivity contribution is 0.563. The van der Waals surface area contributed by atoms with Gasteiger partial charge in [0, 0.05) is 45.1 Å². The highest BCUT2D eigenvalue weighted by Gasteiger charge is 2.14. The SMILES string of the molecule is CN=C(NCCc1nnc2n1CCCCC2)NCc1ccoc1. The van der Waals surface area contributed by atoms with Crippen LogP contribution in [0, 0.1) is 0 Å². The van der Waals surface area contributed by atoms with Crippen LogP contribution >= 0.6 is 0 Å². The fraction of sp³-hybridized carbons (Fsp3) is 0.562. The van der Waals surface area contributed by atoms with Crippen LogP contribution < -0.4 is 10.6 Å². The molecular weight excluding hydrogens is 292 g/mol. The van der Waals surface area contributed by atoms with Crippen molar-refractivity contribution in [1.29, 1.82) is 0 Å². The molecule has 0 fully saturated rings. The van der Waals surface area contributed by atoms with Crippen molar-refractivity contribution in [1.82, 2.24) is 25.4 Å². The maximum Gasteiger partial charge on any atom is 0.191 e. The topological polar surface area (TPSA) is 80.3 Å². The average molecular weight is 316 g/mol. The van der Waals surface area contributed by atoms with Gasteiger partial charge in [-0.05, 0) is 18.9 Å². The smallest absolute Gasteiger partial charge is 0.191 e. The monoisotopic (exact) mass is 316 g/mol. The summed E-state index contributed by atoms with van der Waals surface area (Å²) in [6.07, 6.45) is 9.02. The van der Waals surface area contributed by atoms with Crippen molar-refractivity contribution in [3.8, 4) is 0 Å². The van der Waals surface area contributed by atoms with Gasteiger partial charge in [-0.2, -0.15) is 0 Å². The second-order valence-electron chi connectivity index (χ2n) is 5.73. The molecule has 0 radical (unpaired) electrons. The third kappa shape index (κ3) is 4.12. The minimum absolute atomic E-state index is 0.691. The largest absolute Gasteiger partial charge is 0.472 e. The molecule has 0 aromatic carbocycles. The Labute approximate surface area is 136 Å². The number of nitrogens with one attached hydrogen (secondary N) is 2. The van der Waals surface area contributed by atoms with Crippen molar-refractivity contribution in [2.75, 3.05) is 13.6 Å². The molecule has 124 valence electrons. The zero-order valence-electron chi connectivity index (χ0n) is 13.6. The summed E-state index contributed by atoms with van der Waals surface area (Å²) in [5.74, 6) is 2.99. The van der Waals surface area contributed by atoms with Gasteiger partial charge in [0.25, 0.3) is 0 Å². The first-order valence-electron chi connectivity index (χ1n) is 8.23. The highest BCUT2D eigenvalue weighted by molar-refractivity contribution is 5.79. The van der Waals surface area contributed by atoms with E-state index in [9.17, 15) is 0 Å². The summed E-state index contributed by atoms with van der Waals surface area (Å²) in [7, 11) is 1.77. The highest BCUT2D eigenvalue weighted by atomic mass is 16.3. The van der Waals surface area contributed by atoms with Crippen molar-refractivity contribution < 1.29 is 4.42 Å². The van der Waals surface area contributed by atoms with Crippen LogP contribution in [0.4, 0.5) is 0 Å². The van der Waals surface area contributed by atoms with Crippen molar-refractivity contribution in [3.63, 3.8) is 0 Å². The Bertz CT molecular complexity index is 631. The van der Waals surface area contributed by atoms with Gasteiger partial charge in [-0.1, -0.05) is 6.42 Å². The zero-order chi connectivity index (χ0) is 15.9. The van der Waals surface area contributed by atoms with E-state index in [1.165, 1.54) is 19.3 Å². The molecule has 3 rings (SSSR count). The third-order valence-electron chi connectivity index (χ3n) is 4.09. The van der Waals surface area contributed by atoms with Gasteiger partial charge in [0.05, 0.1) is 12.5 Å². The van der Waals surface area contributed by atoms with Gasteiger partial charge in [0.1, 0.15) is 11.6 Å². The highest BCUT2D eigenvalue weighted by Crippen LogP contribution is 2.14. The first-order chi connectivity index (χ1) is 11.4. The van der Waals surface area contributed by atoms with Crippen LogP contribution in [0.15, 0.2) is 28.0 Å². The first kappa shape index (κ1) is 15.6. The van der Waals surface area contributed by atoms with E-state index in [4.69, 9.17) is 4.42 Å². The van der Waals surface area contributed by atoms with Gasteiger partial charge in [-0.15, -0.1) is 10.2 Å². The van der Waals surface area contributed by atoms with E-state index in [2.05, 4.69) is 30.4 Å². The third-order valence-corrected chi connectivity index (χ3v) is 4.09.